The molecule has 3 aromatic heterocycles. The zero-order valence-electron chi connectivity index (χ0n) is 28.0. The number of imidazole rings is 1. The van der Waals surface area contributed by atoms with Gasteiger partial charge >= 0.3 is 0 Å². The summed E-state index contributed by atoms with van der Waals surface area (Å²) in [6.45, 7) is 0. The lowest BCUT2D eigenvalue weighted by Crippen LogP contribution is -2.01. The summed E-state index contributed by atoms with van der Waals surface area (Å²) in [5.41, 5.74) is 12.7. The number of furan rings is 1. The van der Waals surface area contributed by atoms with Crippen LogP contribution in [0.1, 0.15) is 0 Å². The van der Waals surface area contributed by atoms with Crippen LogP contribution in [0.25, 0.3) is 95.1 Å². The molecule has 0 radical (unpaired) electrons. The van der Waals surface area contributed by atoms with Gasteiger partial charge in [0.25, 0.3) is 0 Å². The van der Waals surface area contributed by atoms with Crippen molar-refractivity contribution in [2.45, 2.75) is 0 Å². The fourth-order valence-corrected chi connectivity index (χ4v) is 7.16. The maximum Gasteiger partial charge on any atom is 0.164 e. The molecular formula is C47H30N4O. The van der Waals surface area contributed by atoms with Gasteiger partial charge in [-0.05, 0) is 70.8 Å². The number of benzene rings is 7. The highest BCUT2D eigenvalue weighted by molar-refractivity contribution is 6.13. The molecule has 0 spiro atoms. The second kappa shape index (κ2) is 12.3. The standard InChI is InChI=1S/C47H30N4O/c1-4-13-31(14-5-1)35-27-28-38-44(29-35)52-43-22-12-19-37(45(38)43)32-23-25-34(26-24-32)46-48-40(33-15-6-2-7-16-33)30-41(49-46)47-50-39-20-10-11-21-42(39)51(47)36-17-8-3-9-18-36/h1-30H. The van der Waals surface area contributed by atoms with Gasteiger partial charge < -0.3 is 4.42 Å². The summed E-state index contributed by atoms with van der Waals surface area (Å²) in [4.78, 5) is 15.4. The Labute approximate surface area is 300 Å². The van der Waals surface area contributed by atoms with E-state index in [4.69, 9.17) is 19.4 Å². The monoisotopic (exact) mass is 666 g/mol. The van der Waals surface area contributed by atoms with Gasteiger partial charge in [-0.2, -0.15) is 0 Å². The van der Waals surface area contributed by atoms with Gasteiger partial charge in [-0.1, -0.05) is 133 Å². The van der Waals surface area contributed by atoms with Gasteiger partial charge in [0.05, 0.1) is 16.7 Å². The zero-order valence-corrected chi connectivity index (χ0v) is 28.0. The molecule has 0 fully saturated rings. The molecular weight excluding hydrogens is 637 g/mol. The van der Waals surface area contributed by atoms with Crippen molar-refractivity contribution in [2.24, 2.45) is 0 Å². The molecule has 5 heteroatoms. The van der Waals surface area contributed by atoms with Crippen LogP contribution in [-0.2, 0) is 0 Å². The van der Waals surface area contributed by atoms with Gasteiger partial charge in [-0.3, -0.25) is 4.57 Å². The van der Waals surface area contributed by atoms with Crippen LogP contribution in [0, 0.1) is 0 Å². The number of para-hydroxylation sites is 3. The number of fused-ring (bicyclic) bond motifs is 4. The van der Waals surface area contributed by atoms with E-state index in [-0.39, 0.29) is 0 Å². The number of hydrogen-bond acceptors (Lipinski definition) is 4. The molecule has 0 aliphatic carbocycles. The molecule has 10 aromatic rings. The Bertz CT molecular complexity index is 2880. The molecule has 0 atom stereocenters. The van der Waals surface area contributed by atoms with Crippen molar-refractivity contribution >= 4 is 33.0 Å². The van der Waals surface area contributed by atoms with Crippen LogP contribution in [0.4, 0.5) is 0 Å². The topological polar surface area (TPSA) is 56.7 Å². The predicted molar refractivity (Wildman–Crippen MR) is 211 cm³/mol. The number of nitrogens with zero attached hydrogens (tertiary/aromatic N) is 4. The largest absolute Gasteiger partial charge is 0.456 e. The van der Waals surface area contributed by atoms with E-state index in [9.17, 15) is 0 Å². The minimum Gasteiger partial charge on any atom is -0.456 e. The summed E-state index contributed by atoms with van der Waals surface area (Å²) in [5, 5.41) is 2.20. The van der Waals surface area contributed by atoms with Crippen molar-refractivity contribution in [3.63, 3.8) is 0 Å². The Morgan fingerprint density at radius 3 is 1.87 bits per heavy atom. The van der Waals surface area contributed by atoms with Gasteiger partial charge in [0.15, 0.2) is 11.6 Å². The summed E-state index contributed by atoms with van der Waals surface area (Å²) in [5.74, 6) is 1.40. The average Bonchev–Trinajstić information content (AvgIpc) is 3.80. The van der Waals surface area contributed by atoms with E-state index in [1.165, 1.54) is 5.56 Å². The molecule has 0 aliphatic rings. The smallest absolute Gasteiger partial charge is 0.164 e. The molecule has 5 nitrogen and oxygen atoms in total. The molecule has 0 unspecified atom stereocenters. The first-order valence-electron chi connectivity index (χ1n) is 17.4. The fraction of sp³-hybridized carbons (Fsp3) is 0. The molecule has 0 amide bonds. The van der Waals surface area contributed by atoms with E-state index < -0.39 is 0 Å². The second-order valence-electron chi connectivity index (χ2n) is 12.9. The van der Waals surface area contributed by atoms with E-state index in [1.54, 1.807) is 0 Å². The quantitative estimate of drug-likeness (QED) is 0.177. The molecule has 3 heterocycles. The van der Waals surface area contributed by atoms with E-state index in [1.807, 2.05) is 72.8 Å². The highest BCUT2D eigenvalue weighted by Gasteiger charge is 2.19. The van der Waals surface area contributed by atoms with Crippen molar-refractivity contribution in [3.8, 4) is 62.1 Å². The molecule has 0 N–H and O–H groups in total. The minimum absolute atomic E-state index is 0.634. The van der Waals surface area contributed by atoms with Crippen molar-refractivity contribution < 1.29 is 4.42 Å². The highest BCUT2D eigenvalue weighted by Crippen LogP contribution is 2.39. The Morgan fingerprint density at radius 2 is 1.08 bits per heavy atom. The molecule has 0 aliphatic heterocycles. The molecule has 7 aromatic carbocycles. The Hall–Kier alpha value is -7.11. The Kier molecular flexibility index (Phi) is 7.07. The number of hydrogen-bond donors (Lipinski definition) is 0. The maximum atomic E-state index is 6.42. The maximum absolute atomic E-state index is 6.42. The van der Waals surface area contributed by atoms with Crippen molar-refractivity contribution in [1.82, 2.24) is 19.5 Å². The van der Waals surface area contributed by atoms with E-state index in [0.717, 1.165) is 83.7 Å². The summed E-state index contributed by atoms with van der Waals surface area (Å²) < 4.78 is 8.59. The van der Waals surface area contributed by atoms with Crippen LogP contribution in [0.3, 0.4) is 0 Å². The Balaban J connectivity index is 1.09. The van der Waals surface area contributed by atoms with E-state index >= 15 is 0 Å². The van der Waals surface area contributed by atoms with Crippen LogP contribution in [0.2, 0.25) is 0 Å². The molecule has 10 rings (SSSR count). The number of rotatable bonds is 6. The van der Waals surface area contributed by atoms with E-state index in [2.05, 4.69) is 114 Å². The first kappa shape index (κ1) is 29.8. The van der Waals surface area contributed by atoms with Crippen LogP contribution in [0.5, 0.6) is 0 Å². The summed E-state index contributed by atoms with van der Waals surface area (Å²) in [7, 11) is 0. The average molecular weight is 667 g/mol. The highest BCUT2D eigenvalue weighted by atomic mass is 16.3. The molecule has 0 saturated heterocycles. The SMILES string of the molecule is c1ccc(-c2ccc3c(c2)oc2cccc(-c4ccc(-c5nc(-c6ccccc6)cc(-c6nc7ccccc7n6-c6ccccc6)n5)cc4)c23)cc1. The van der Waals surface area contributed by atoms with Crippen molar-refractivity contribution in [3.05, 3.63) is 182 Å². The van der Waals surface area contributed by atoms with Crippen molar-refractivity contribution in [2.75, 3.05) is 0 Å². The third kappa shape index (κ3) is 5.15. The minimum atomic E-state index is 0.634. The normalized spacial score (nSPS) is 11.5. The van der Waals surface area contributed by atoms with Gasteiger partial charge in [0, 0.05) is 27.6 Å². The molecule has 0 saturated carbocycles. The third-order valence-corrected chi connectivity index (χ3v) is 9.66. The lowest BCUT2D eigenvalue weighted by atomic mass is 9.97. The fourth-order valence-electron chi connectivity index (χ4n) is 7.16. The summed E-state index contributed by atoms with van der Waals surface area (Å²) in [6.07, 6.45) is 0. The predicted octanol–water partition coefficient (Wildman–Crippen LogP) is 12.0. The first-order valence-corrected chi connectivity index (χ1v) is 17.4. The zero-order chi connectivity index (χ0) is 34.4. The number of aromatic nitrogens is 4. The lowest BCUT2D eigenvalue weighted by molar-refractivity contribution is 0.669. The molecule has 244 valence electrons. The second-order valence-corrected chi connectivity index (χ2v) is 12.9. The van der Waals surface area contributed by atoms with E-state index in [0.29, 0.717) is 5.82 Å². The summed E-state index contributed by atoms with van der Waals surface area (Å²) in [6, 6.07) is 62.5. The van der Waals surface area contributed by atoms with Crippen LogP contribution in [0.15, 0.2) is 186 Å². The third-order valence-electron chi connectivity index (χ3n) is 9.66. The van der Waals surface area contributed by atoms with Gasteiger partial charge in [-0.15, -0.1) is 0 Å². The molecule has 0 bridgehead atoms. The van der Waals surface area contributed by atoms with Crippen molar-refractivity contribution in [1.29, 1.82) is 0 Å². The van der Waals surface area contributed by atoms with Crippen LogP contribution >= 0.6 is 0 Å². The Morgan fingerprint density at radius 1 is 0.423 bits per heavy atom. The van der Waals surface area contributed by atoms with Gasteiger partial charge in [0.2, 0.25) is 0 Å². The van der Waals surface area contributed by atoms with Crippen LogP contribution < -0.4 is 0 Å². The van der Waals surface area contributed by atoms with Gasteiger partial charge in [0.1, 0.15) is 16.9 Å². The van der Waals surface area contributed by atoms with Crippen LogP contribution in [-0.4, -0.2) is 19.5 Å². The van der Waals surface area contributed by atoms with Gasteiger partial charge in [-0.25, -0.2) is 15.0 Å². The lowest BCUT2D eigenvalue weighted by Gasteiger charge is -2.12. The first-order chi connectivity index (χ1) is 25.8. The summed E-state index contributed by atoms with van der Waals surface area (Å²) >= 11 is 0. The molecule has 52 heavy (non-hydrogen) atoms.